The fourth-order valence-electron chi connectivity index (χ4n) is 5.05. The second-order valence-corrected chi connectivity index (χ2v) is 9.27. The molecule has 0 radical (unpaired) electrons. The normalized spacial score (nSPS) is 19.5. The van der Waals surface area contributed by atoms with Crippen molar-refractivity contribution in [3.05, 3.63) is 95.6 Å². The monoisotopic (exact) mass is 467 g/mol. The molecule has 3 aromatic rings. The summed E-state index contributed by atoms with van der Waals surface area (Å²) < 4.78 is 11.1. The van der Waals surface area contributed by atoms with Gasteiger partial charge in [-0.25, -0.2) is 4.79 Å². The number of benzene rings is 3. The van der Waals surface area contributed by atoms with E-state index < -0.39 is 5.60 Å². The quantitative estimate of drug-likeness (QED) is 0.371. The van der Waals surface area contributed by atoms with Crippen molar-refractivity contribution in [2.45, 2.75) is 37.8 Å². The van der Waals surface area contributed by atoms with Crippen molar-refractivity contribution in [3.8, 4) is 16.9 Å². The van der Waals surface area contributed by atoms with Crippen LogP contribution in [0.15, 0.2) is 78.9 Å². The Balaban J connectivity index is 1.27. The summed E-state index contributed by atoms with van der Waals surface area (Å²) >= 11 is 0. The van der Waals surface area contributed by atoms with Crippen LogP contribution in [0.2, 0.25) is 0 Å². The van der Waals surface area contributed by atoms with Crippen LogP contribution in [-0.4, -0.2) is 36.0 Å². The lowest BCUT2D eigenvalue weighted by Crippen LogP contribution is -2.52. The molecule has 5 rings (SSSR count). The third-order valence-electron chi connectivity index (χ3n) is 7.00. The number of methoxy groups -OCH3 is 1. The number of carbonyl (C=O) groups excluding carboxylic acids is 2. The maximum absolute atomic E-state index is 13.3. The second-order valence-electron chi connectivity index (χ2n) is 9.27. The Morgan fingerprint density at radius 3 is 2.66 bits per heavy atom. The maximum Gasteiger partial charge on any atom is 0.330 e. The molecule has 1 fully saturated rings. The van der Waals surface area contributed by atoms with Gasteiger partial charge in [-0.1, -0.05) is 60.7 Å². The second kappa shape index (κ2) is 9.79. The zero-order chi connectivity index (χ0) is 24.3. The topological polar surface area (TPSA) is 55.8 Å². The first-order chi connectivity index (χ1) is 17.0. The van der Waals surface area contributed by atoms with Gasteiger partial charge in [0.2, 0.25) is 5.91 Å². The summed E-state index contributed by atoms with van der Waals surface area (Å²) in [5, 5.41) is 0. The molecule has 0 aliphatic carbocycles. The van der Waals surface area contributed by atoms with E-state index in [2.05, 4.69) is 29.0 Å². The molecule has 0 saturated carbocycles. The van der Waals surface area contributed by atoms with Crippen molar-refractivity contribution in [1.29, 1.82) is 0 Å². The number of piperidine rings is 1. The Labute approximate surface area is 206 Å². The molecule has 5 heteroatoms. The molecule has 178 valence electrons. The standard InChI is InChI=1S/C30H29NO4/c1-34-29(33)14-12-22-11-13-27-24(19-22)15-16-30(35-27)17-18-31(28(32)20-30)21-25-9-5-6-10-26(25)23-7-3-2-4-8-23/h2-14,19H,15-18,20-21H2,1H3/b14-12+. The first-order valence-electron chi connectivity index (χ1n) is 12.0. The van der Waals surface area contributed by atoms with Crippen LogP contribution >= 0.6 is 0 Å². The van der Waals surface area contributed by atoms with Crippen LogP contribution in [0.5, 0.6) is 5.75 Å². The molecule has 1 unspecified atom stereocenters. The fourth-order valence-corrected chi connectivity index (χ4v) is 5.05. The van der Waals surface area contributed by atoms with Crippen molar-refractivity contribution < 1.29 is 19.1 Å². The van der Waals surface area contributed by atoms with Gasteiger partial charge in [0, 0.05) is 25.6 Å². The Bertz CT molecular complexity index is 1270. The van der Waals surface area contributed by atoms with E-state index in [-0.39, 0.29) is 11.9 Å². The Kier molecular flexibility index (Phi) is 6.41. The summed E-state index contributed by atoms with van der Waals surface area (Å²) in [7, 11) is 1.36. The maximum atomic E-state index is 13.3. The highest BCUT2D eigenvalue weighted by Gasteiger charge is 2.43. The molecule has 1 amide bonds. The molecule has 2 aliphatic rings. The van der Waals surface area contributed by atoms with Crippen LogP contribution in [0, 0.1) is 0 Å². The minimum atomic E-state index is -0.442. The first kappa shape index (κ1) is 22.9. The van der Waals surface area contributed by atoms with Crippen molar-refractivity contribution in [3.63, 3.8) is 0 Å². The summed E-state index contributed by atoms with van der Waals surface area (Å²) in [5.41, 5.74) is 5.08. The van der Waals surface area contributed by atoms with Crippen molar-refractivity contribution >= 4 is 18.0 Å². The number of likely N-dealkylation sites (tertiary alicyclic amines) is 1. The van der Waals surface area contributed by atoms with Gasteiger partial charge in [0.25, 0.3) is 0 Å². The average molecular weight is 468 g/mol. The summed E-state index contributed by atoms with van der Waals surface area (Å²) in [6, 6.07) is 24.5. The smallest absolute Gasteiger partial charge is 0.330 e. The Morgan fingerprint density at radius 1 is 1.06 bits per heavy atom. The van der Waals surface area contributed by atoms with Gasteiger partial charge in [-0.05, 0) is 58.9 Å². The molecule has 0 aromatic heterocycles. The van der Waals surface area contributed by atoms with E-state index >= 15 is 0 Å². The van der Waals surface area contributed by atoms with E-state index in [1.54, 1.807) is 6.08 Å². The van der Waals surface area contributed by atoms with Gasteiger partial charge in [-0.15, -0.1) is 0 Å². The van der Waals surface area contributed by atoms with E-state index in [1.807, 2.05) is 53.4 Å². The molecule has 3 aromatic carbocycles. The minimum Gasteiger partial charge on any atom is -0.486 e. The van der Waals surface area contributed by atoms with E-state index in [1.165, 1.54) is 18.7 Å². The number of rotatable bonds is 5. The summed E-state index contributed by atoms with van der Waals surface area (Å²) in [6.45, 7) is 1.28. The molecule has 0 N–H and O–H groups in total. The Hall–Kier alpha value is -3.86. The number of hydrogen-bond donors (Lipinski definition) is 0. The van der Waals surface area contributed by atoms with Gasteiger partial charge in [0.05, 0.1) is 13.5 Å². The van der Waals surface area contributed by atoms with E-state index in [0.717, 1.165) is 47.3 Å². The number of aryl methyl sites for hydroxylation is 1. The van der Waals surface area contributed by atoms with E-state index in [0.29, 0.717) is 19.5 Å². The van der Waals surface area contributed by atoms with E-state index in [4.69, 9.17) is 4.74 Å². The van der Waals surface area contributed by atoms with Crippen LogP contribution in [0.4, 0.5) is 0 Å². The van der Waals surface area contributed by atoms with Gasteiger partial charge >= 0.3 is 5.97 Å². The zero-order valence-corrected chi connectivity index (χ0v) is 19.9. The van der Waals surface area contributed by atoms with Gasteiger partial charge in [-0.2, -0.15) is 0 Å². The number of amides is 1. The highest BCUT2D eigenvalue weighted by molar-refractivity contribution is 5.87. The van der Waals surface area contributed by atoms with Crippen molar-refractivity contribution in [1.82, 2.24) is 4.90 Å². The summed E-state index contributed by atoms with van der Waals surface area (Å²) in [4.78, 5) is 26.6. The number of hydrogen-bond acceptors (Lipinski definition) is 4. The number of ether oxygens (including phenoxy) is 2. The molecule has 2 aliphatic heterocycles. The lowest BCUT2D eigenvalue weighted by atomic mass is 9.82. The Morgan fingerprint density at radius 2 is 1.86 bits per heavy atom. The van der Waals surface area contributed by atoms with Crippen molar-refractivity contribution in [2.75, 3.05) is 13.7 Å². The number of esters is 1. The average Bonchev–Trinajstić information content (AvgIpc) is 2.90. The predicted molar refractivity (Wildman–Crippen MR) is 136 cm³/mol. The van der Waals surface area contributed by atoms with Crippen LogP contribution in [0.3, 0.4) is 0 Å². The van der Waals surface area contributed by atoms with Crippen molar-refractivity contribution in [2.24, 2.45) is 0 Å². The molecule has 35 heavy (non-hydrogen) atoms. The molecular weight excluding hydrogens is 438 g/mol. The fraction of sp³-hybridized carbons (Fsp3) is 0.267. The predicted octanol–water partition coefficient (Wildman–Crippen LogP) is 5.43. The molecule has 2 heterocycles. The minimum absolute atomic E-state index is 0.139. The largest absolute Gasteiger partial charge is 0.486 e. The lowest BCUT2D eigenvalue weighted by Gasteiger charge is -2.44. The van der Waals surface area contributed by atoms with E-state index in [9.17, 15) is 9.59 Å². The van der Waals surface area contributed by atoms with Gasteiger partial charge in [-0.3, -0.25) is 4.79 Å². The molecule has 0 bridgehead atoms. The number of fused-ring (bicyclic) bond motifs is 1. The SMILES string of the molecule is COC(=O)/C=C/c1ccc2c(c1)CCC1(CCN(Cc3ccccc3-c3ccccc3)C(=O)C1)O2. The molecule has 1 spiro atoms. The molecule has 1 atom stereocenters. The number of nitrogens with zero attached hydrogens (tertiary/aromatic N) is 1. The third-order valence-corrected chi connectivity index (χ3v) is 7.00. The van der Waals surface area contributed by atoms with Crippen LogP contribution in [0.1, 0.15) is 36.0 Å². The zero-order valence-electron chi connectivity index (χ0n) is 19.9. The highest BCUT2D eigenvalue weighted by atomic mass is 16.5. The van der Waals surface area contributed by atoms with Gasteiger partial charge in [0.15, 0.2) is 0 Å². The summed E-state index contributed by atoms with van der Waals surface area (Å²) in [5.74, 6) is 0.594. The van der Waals surface area contributed by atoms with Crippen LogP contribution in [0.25, 0.3) is 17.2 Å². The molecule has 5 nitrogen and oxygen atoms in total. The van der Waals surface area contributed by atoms with Crippen LogP contribution in [-0.2, 0) is 27.3 Å². The first-order valence-corrected chi connectivity index (χ1v) is 12.0. The van der Waals surface area contributed by atoms with Gasteiger partial charge < -0.3 is 14.4 Å². The summed E-state index contributed by atoms with van der Waals surface area (Å²) in [6.07, 6.45) is 6.02. The third kappa shape index (κ3) is 4.99. The van der Waals surface area contributed by atoms with Gasteiger partial charge in [0.1, 0.15) is 11.4 Å². The molecule has 1 saturated heterocycles. The highest BCUT2D eigenvalue weighted by Crippen LogP contribution is 2.40. The molecular formula is C30H29NO4. The number of carbonyl (C=O) groups is 2. The lowest BCUT2D eigenvalue weighted by molar-refractivity contribution is -0.143. The van der Waals surface area contributed by atoms with Crippen LogP contribution < -0.4 is 4.74 Å².